The Bertz CT molecular complexity index is 1150. The molecule has 1 unspecified atom stereocenters. The van der Waals surface area contributed by atoms with Gasteiger partial charge < -0.3 is 19.5 Å². The zero-order chi connectivity index (χ0) is 22.7. The Morgan fingerprint density at radius 3 is 2.75 bits per heavy atom. The van der Waals surface area contributed by atoms with Crippen LogP contribution in [-0.4, -0.2) is 40.4 Å². The van der Waals surface area contributed by atoms with Gasteiger partial charge in [-0.25, -0.2) is 4.39 Å². The second-order valence-corrected chi connectivity index (χ2v) is 8.19. The number of methoxy groups -OCH3 is 1. The lowest BCUT2D eigenvalue weighted by molar-refractivity contribution is 0.188. The molecule has 1 aromatic heterocycles. The quantitative estimate of drug-likeness (QED) is 0.373. The predicted molar refractivity (Wildman–Crippen MR) is 125 cm³/mol. The first kappa shape index (κ1) is 22.4. The molecule has 0 amide bonds. The molecule has 1 aliphatic heterocycles. The number of allylic oxidation sites excluding steroid dienone is 1. The van der Waals surface area contributed by atoms with Gasteiger partial charge >= 0.3 is 0 Å². The minimum absolute atomic E-state index is 0.309. The van der Waals surface area contributed by atoms with Crippen LogP contribution in [0.5, 0.6) is 0 Å². The van der Waals surface area contributed by atoms with Crippen LogP contribution >= 0.6 is 23.8 Å². The molecule has 6 nitrogen and oxygen atoms in total. The number of hydrogen-bond donors (Lipinski definition) is 1. The molecule has 0 spiro atoms. The van der Waals surface area contributed by atoms with Crippen molar-refractivity contribution in [2.75, 3.05) is 20.3 Å². The molecule has 0 saturated heterocycles. The second kappa shape index (κ2) is 9.77. The molecule has 3 aromatic rings. The molecule has 2 heterocycles. The Hall–Kier alpha value is -2.81. The molecule has 1 atom stereocenters. The van der Waals surface area contributed by atoms with E-state index in [0.29, 0.717) is 35.0 Å². The summed E-state index contributed by atoms with van der Waals surface area (Å²) in [7, 11) is 1.67. The molecule has 32 heavy (non-hydrogen) atoms. The number of nitrogens with one attached hydrogen (secondary N) is 1. The topological polar surface area (TPSA) is 63.4 Å². The number of nitrogens with zero attached hydrogens (tertiary/aromatic N) is 3. The fourth-order valence-electron chi connectivity index (χ4n) is 3.68. The molecule has 1 N–H and O–H groups in total. The van der Waals surface area contributed by atoms with Crippen molar-refractivity contribution >= 4 is 34.5 Å². The van der Waals surface area contributed by atoms with Crippen molar-refractivity contribution in [1.82, 2.24) is 20.4 Å². The van der Waals surface area contributed by atoms with E-state index in [0.717, 1.165) is 28.8 Å². The number of thiocarbonyl (C=S) groups is 1. The molecule has 0 bridgehead atoms. The monoisotopic (exact) mass is 472 g/mol. The number of halogens is 2. The predicted octanol–water partition coefficient (Wildman–Crippen LogP) is 5.23. The van der Waals surface area contributed by atoms with Gasteiger partial charge in [0.05, 0.1) is 11.6 Å². The first-order valence-electron chi connectivity index (χ1n) is 10.1. The SMILES string of the molecule is COCCCN1C(=S)NC(c2ccc(F)cc2)C(c2nc(-c3cccc(Cl)c3)no2)=C1C. The normalized spacial score (nSPS) is 16.4. The highest BCUT2D eigenvalue weighted by Gasteiger charge is 2.33. The number of aromatic nitrogens is 2. The summed E-state index contributed by atoms with van der Waals surface area (Å²) in [4.78, 5) is 6.63. The van der Waals surface area contributed by atoms with E-state index in [1.54, 1.807) is 31.4 Å². The fourth-order valence-corrected chi connectivity index (χ4v) is 4.21. The van der Waals surface area contributed by atoms with Crippen molar-refractivity contribution in [3.8, 4) is 11.4 Å². The van der Waals surface area contributed by atoms with E-state index in [1.165, 1.54) is 12.1 Å². The Kier molecular flexibility index (Phi) is 6.83. The Balaban J connectivity index is 1.77. The molecule has 1 aliphatic rings. The van der Waals surface area contributed by atoms with Gasteiger partial charge in [-0.1, -0.05) is 41.0 Å². The van der Waals surface area contributed by atoms with Crippen LogP contribution < -0.4 is 5.32 Å². The largest absolute Gasteiger partial charge is 0.385 e. The third-order valence-electron chi connectivity index (χ3n) is 5.27. The molecule has 0 radical (unpaired) electrons. The summed E-state index contributed by atoms with van der Waals surface area (Å²) in [6, 6.07) is 13.2. The Morgan fingerprint density at radius 2 is 2.03 bits per heavy atom. The van der Waals surface area contributed by atoms with E-state index < -0.39 is 0 Å². The van der Waals surface area contributed by atoms with Crippen LogP contribution in [0.25, 0.3) is 17.0 Å². The highest BCUT2D eigenvalue weighted by molar-refractivity contribution is 7.80. The molecule has 0 saturated carbocycles. The number of ether oxygens (including phenoxy) is 1. The number of hydrogen-bond acceptors (Lipinski definition) is 5. The van der Waals surface area contributed by atoms with Crippen molar-refractivity contribution in [2.24, 2.45) is 0 Å². The third kappa shape index (κ3) is 4.67. The molecule has 4 rings (SSSR count). The van der Waals surface area contributed by atoms with Gasteiger partial charge in [0.1, 0.15) is 5.82 Å². The van der Waals surface area contributed by atoms with Crippen LogP contribution in [0.2, 0.25) is 5.02 Å². The van der Waals surface area contributed by atoms with Crippen molar-refractivity contribution in [3.05, 3.63) is 76.5 Å². The lowest BCUT2D eigenvalue weighted by Crippen LogP contribution is -2.46. The summed E-state index contributed by atoms with van der Waals surface area (Å²) in [6.07, 6.45) is 0.793. The van der Waals surface area contributed by atoms with Crippen LogP contribution in [0.3, 0.4) is 0 Å². The smallest absolute Gasteiger partial charge is 0.258 e. The van der Waals surface area contributed by atoms with Crippen molar-refractivity contribution in [1.29, 1.82) is 0 Å². The first-order chi connectivity index (χ1) is 15.5. The number of benzene rings is 2. The van der Waals surface area contributed by atoms with Gasteiger partial charge in [0.15, 0.2) is 5.11 Å². The summed E-state index contributed by atoms with van der Waals surface area (Å²) >= 11 is 11.8. The molecule has 9 heteroatoms. The average Bonchev–Trinajstić information content (AvgIpc) is 3.26. The van der Waals surface area contributed by atoms with Crippen LogP contribution in [0.15, 0.2) is 58.8 Å². The Labute approximate surface area is 196 Å². The summed E-state index contributed by atoms with van der Waals surface area (Å²) in [5, 5.41) is 8.68. The second-order valence-electron chi connectivity index (χ2n) is 7.36. The van der Waals surface area contributed by atoms with Gasteiger partial charge in [-0.2, -0.15) is 4.98 Å². The van der Waals surface area contributed by atoms with Crippen LogP contribution in [-0.2, 0) is 4.74 Å². The first-order valence-corrected chi connectivity index (χ1v) is 10.9. The summed E-state index contributed by atoms with van der Waals surface area (Å²) in [5.74, 6) is 0.481. The molecular weight excluding hydrogens is 451 g/mol. The fraction of sp³-hybridized carbons (Fsp3) is 0.261. The van der Waals surface area contributed by atoms with E-state index in [2.05, 4.69) is 15.5 Å². The standard InChI is InChI=1S/C23H22ClFN4O2S/c1-14-19(22-27-21(28-31-22)16-5-3-6-17(24)13-16)20(15-7-9-18(25)10-8-15)26-23(32)29(14)11-4-12-30-2/h3,5-10,13,20H,4,11-12H2,1-2H3,(H,26,32). The molecular formula is C23H22ClFN4O2S. The maximum Gasteiger partial charge on any atom is 0.258 e. The zero-order valence-corrected chi connectivity index (χ0v) is 19.2. The van der Waals surface area contributed by atoms with Crippen LogP contribution in [0, 0.1) is 5.82 Å². The van der Waals surface area contributed by atoms with E-state index in [4.69, 9.17) is 33.1 Å². The maximum absolute atomic E-state index is 13.6. The lowest BCUT2D eigenvalue weighted by Gasteiger charge is -2.37. The minimum Gasteiger partial charge on any atom is -0.385 e. The van der Waals surface area contributed by atoms with Gasteiger partial charge in [0.25, 0.3) is 5.89 Å². The maximum atomic E-state index is 13.6. The van der Waals surface area contributed by atoms with Gasteiger partial charge in [0.2, 0.25) is 5.82 Å². The highest BCUT2D eigenvalue weighted by Crippen LogP contribution is 2.37. The molecule has 166 valence electrons. The summed E-state index contributed by atoms with van der Waals surface area (Å²) < 4.78 is 24.4. The van der Waals surface area contributed by atoms with Crippen molar-refractivity contribution in [3.63, 3.8) is 0 Å². The van der Waals surface area contributed by atoms with E-state index in [-0.39, 0.29) is 11.9 Å². The summed E-state index contributed by atoms with van der Waals surface area (Å²) in [5.41, 5.74) is 3.26. The highest BCUT2D eigenvalue weighted by atomic mass is 35.5. The van der Waals surface area contributed by atoms with Crippen molar-refractivity contribution < 1.29 is 13.7 Å². The minimum atomic E-state index is -0.366. The van der Waals surface area contributed by atoms with E-state index >= 15 is 0 Å². The van der Waals surface area contributed by atoms with Gasteiger partial charge in [-0.15, -0.1) is 0 Å². The number of rotatable bonds is 7. The Morgan fingerprint density at radius 1 is 1.25 bits per heavy atom. The van der Waals surface area contributed by atoms with Gasteiger partial charge in [0, 0.05) is 36.5 Å². The van der Waals surface area contributed by atoms with Crippen LogP contribution in [0.4, 0.5) is 4.39 Å². The van der Waals surface area contributed by atoms with Crippen LogP contribution in [0.1, 0.15) is 30.8 Å². The van der Waals surface area contributed by atoms with Crippen molar-refractivity contribution in [2.45, 2.75) is 19.4 Å². The third-order valence-corrected chi connectivity index (χ3v) is 5.84. The lowest BCUT2D eigenvalue weighted by atomic mass is 9.94. The van der Waals surface area contributed by atoms with Gasteiger partial charge in [-0.3, -0.25) is 0 Å². The zero-order valence-electron chi connectivity index (χ0n) is 17.6. The molecule has 0 fully saturated rings. The molecule has 0 aliphatic carbocycles. The van der Waals surface area contributed by atoms with E-state index in [1.807, 2.05) is 24.0 Å². The summed E-state index contributed by atoms with van der Waals surface area (Å²) in [6.45, 7) is 3.25. The van der Waals surface area contributed by atoms with E-state index in [9.17, 15) is 4.39 Å². The van der Waals surface area contributed by atoms with Gasteiger partial charge in [-0.05, 0) is 55.4 Å². The average molecular weight is 473 g/mol. The molecule has 2 aromatic carbocycles.